The van der Waals surface area contributed by atoms with Crippen molar-refractivity contribution in [1.82, 2.24) is 0 Å². The maximum absolute atomic E-state index is 13.0. The SMILES string of the molecule is [CH2+]C1(C(=O)Oc2c(-c3ccccc3)cccc2-c2ccccc2)CC1(C)C. The van der Waals surface area contributed by atoms with Crippen molar-refractivity contribution in [3.8, 4) is 28.0 Å². The largest absolute Gasteiger partial charge is 0.422 e. The Labute approximate surface area is 160 Å². The monoisotopic (exact) mass is 355 g/mol. The van der Waals surface area contributed by atoms with Crippen LogP contribution in [0.2, 0.25) is 0 Å². The van der Waals surface area contributed by atoms with Crippen LogP contribution >= 0.6 is 0 Å². The van der Waals surface area contributed by atoms with Gasteiger partial charge in [0.2, 0.25) is 5.41 Å². The Morgan fingerprint density at radius 2 is 1.26 bits per heavy atom. The number of para-hydroxylation sites is 1. The highest BCUT2D eigenvalue weighted by Gasteiger charge is 2.71. The molecule has 0 amide bonds. The molecule has 2 heteroatoms. The van der Waals surface area contributed by atoms with Crippen LogP contribution in [0.1, 0.15) is 20.3 Å². The van der Waals surface area contributed by atoms with Gasteiger partial charge in [0.15, 0.2) is 0 Å². The molecule has 3 aromatic carbocycles. The van der Waals surface area contributed by atoms with Crippen LogP contribution in [-0.4, -0.2) is 5.97 Å². The van der Waals surface area contributed by atoms with E-state index in [-0.39, 0.29) is 11.4 Å². The lowest BCUT2D eigenvalue weighted by molar-refractivity contribution is -0.139. The van der Waals surface area contributed by atoms with Gasteiger partial charge in [-0.25, -0.2) is 4.79 Å². The number of benzene rings is 3. The highest BCUT2D eigenvalue weighted by molar-refractivity contribution is 5.90. The van der Waals surface area contributed by atoms with E-state index in [9.17, 15) is 4.79 Å². The highest BCUT2D eigenvalue weighted by atomic mass is 16.5. The zero-order valence-electron chi connectivity index (χ0n) is 15.7. The van der Waals surface area contributed by atoms with E-state index in [1.54, 1.807) is 0 Å². The van der Waals surface area contributed by atoms with Gasteiger partial charge in [0.1, 0.15) is 5.75 Å². The van der Waals surface area contributed by atoms with Crippen LogP contribution in [0, 0.1) is 17.8 Å². The lowest BCUT2D eigenvalue weighted by Gasteiger charge is -2.17. The fourth-order valence-electron chi connectivity index (χ4n) is 3.59. The summed E-state index contributed by atoms with van der Waals surface area (Å²) in [4.78, 5) is 13.0. The first-order valence-electron chi connectivity index (χ1n) is 9.24. The molecule has 27 heavy (non-hydrogen) atoms. The smallest absolute Gasteiger partial charge is 0.363 e. The molecule has 0 spiro atoms. The maximum Gasteiger partial charge on any atom is 0.363 e. The van der Waals surface area contributed by atoms with E-state index < -0.39 is 5.41 Å². The van der Waals surface area contributed by atoms with E-state index in [0.29, 0.717) is 5.75 Å². The van der Waals surface area contributed by atoms with Crippen LogP contribution in [0.5, 0.6) is 5.75 Å². The van der Waals surface area contributed by atoms with Crippen LogP contribution in [0.25, 0.3) is 22.3 Å². The molecule has 2 nitrogen and oxygen atoms in total. The second-order valence-corrected chi connectivity index (χ2v) is 7.95. The third-order valence-corrected chi connectivity index (χ3v) is 5.68. The molecule has 0 radical (unpaired) electrons. The maximum atomic E-state index is 13.0. The molecule has 1 fully saturated rings. The molecule has 0 aliphatic heterocycles. The molecule has 0 saturated heterocycles. The van der Waals surface area contributed by atoms with Gasteiger partial charge in [-0.05, 0) is 11.1 Å². The van der Waals surface area contributed by atoms with Gasteiger partial charge in [0, 0.05) is 23.0 Å². The molecular formula is C25H23O2+. The zero-order chi connectivity index (χ0) is 19.1. The Morgan fingerprint density at radius 1 is 0.815 bits per heavy atom. The average molecular weight is 355 g/mol. The number of hydrogen-bond acceptors (Lipinski definition) is 2. The van der Waals surface area contributed by atoms with Crippen molar-refractivity contribution in [2.45, 2.75) is 20.3 Å². The number of ether oxygens (including phenoxy) is 1. The third-order valence-electron chi connectivity index (χ3n) is 5.68. The van der Waals surface area contributed by atoms with Gasteiger partial charge in [-0.15, -0.1) is 0 Å². The Kier molecular flexibility index (Phi) is 4.07. The minimum Gasteiger partial charge on any atom is -0.422 e. The average Bonchev–Trinajstić information content (AvgIpc) is 3.22. The fourth-order valence-corrected chi connectivity index (χ4v) is 3.59. The molecule has 1 atom stereocenters. The summed E-state index contributed by atoms with van der Waals surface area (Å²) < 4.78 is 6.05. The summed E-state index contributed by atoms with van der Waals surface area (Å²) in [5.41, 5.74) is 3.06. The van der Waals surface area contributed by atoms with Gasteiger partial charge >= 0.3 is 5.97 Å². The van der Waals surface area contributed by atoms with Crippen molar-refractivity contribution in [2.75, 3.05) is 0 Å². The van der Waals surface area contributed by atoms with Gasteiger partial charge in [-0.1, -0.05) is 92.7 Å². The zero-order valence-corrected chi connectivity index (χ0v) is 15.7. The number of esters is 1. The highest BCUT2D eigenvalue weighted by Crippen LogP contribution is 2.63. The van der Waals surface area contributed by atoms with Crippen LogP contribution in [-0.2, 0) is 4.79 Å². The molecule has 1 aliphatic rings. The molecule has 1 aliphatic carbocycles. The standard InChI is InChI=1S/C25H23O2/c1-24(2)17-25(24,3)23(26)27-22-20(18-11-6-4-7-12-18)15-10-16-21(22)19-13-8-5-9-14-19/h4-16H,3,17H2,1-2H3/q+1. The number of hydrogen-bond donors (Lipinski definition) is 0. The Balaban J connectivity index is 1.83. The first kappa shape index (κ1) is 17.4. The summed E-state index contributed by atoms with van der Waals surface area (Å²) in [5, 5.41) is 0. The molecule has 3 aromatic rings. The first-order chi connectivity index (χ1) is 12.9. The van der Waals surface area contributed by atoms with Crippen molar-refractivity contribution >= 4 is 5.97 Å². The Hall–Kier alpha value is -3.00. The van der Waals surface area contributed by atoms with E-state index in [1.165, 1.54) is 0 Å². The number of carbonyl (C=O) groups is 1. The van der Waals surface area contributed by atoms with Crippen LogP contribution < -0.4 is 4.74 Å². The van der Waals surface area contributed by atoms with Crippen molar-refractivity contribution in [3.63, 3.8) is 0 Å². The van der Waals surface area contributed by atoms with E-state index in [1.807, 2.05) is 78.9 Å². The summed E-state index contributed by atoms with van der Waals surface area (Å²) in [5.74, 6) is 0.346. The van der Waals surface area contributed by atoms with E-state index >= 15 is 0 Å². The summed E-state index contributed by atoms with van der Waals surface area (Å²) in [6, 6.07) is 26.0. The van der Waals surface area contributed by atoms with E-state index in [4.69, 9.17) is 4.74 Å². The van der Waals surface area contributed by atoms with Crippen molar-refractivity contribution in [3.05, 3.63) is 85.8 Å². The number of carbonyl (C=O) groups excluding carboxylic acids is 1. The molecule has 134 valence electrons. The summed E-state index contributed by atoms with van der Waals surface area (Å²) in [7, 11) is 0. The normalized spacial score (nSPS) is 20.1. The second-order valence-electron chi connectivity index (χ2n) is 7.95. The Morgan fingerprint density at radius 3 is 1.67 bits per heavy atom. The predicted octanol–water partition coefficient (Wildman–Crippen LogP) is 6.18. The fraction of sp³-hybridized carbons (Fsp3) is 0.200. The van der Waals surface area contributed by atoms with Gasteiger partial charge in [0.25, 0.3) is 0 Å². The third kappa shape index (κ3) is 3.02. The lowest BCUT2D eigenvalue weighted by atomic mass is 9.96. The van der Waals surface area contributed by atoms with Crippen LogP contribution in [0.15, 0.2) is 78.9 Å². The van der Waals surface area contributed by atoms with Crippen LogP contribution in [0.3, 0.4) is 0 Å². The minimum atomic E-state index is -0.676. The molecule has 1 saturated carbocycles. The Bertz CT molecular complexity index is 916. The molecule has 0 N–H and O–H groups in total. The van der Waals surface area contributed by atoms with E-state index in [2.05, 4.69) is 20.8 Å². The summed E-state index contributed by atoms with van der Waals surface area (Å²) >= 11 is 0. The summed E-state index contributed by atoms with van der Waals surface area (Å²) in [6.45, 7) is 8.28. The first-order valence-corrected chi connectivity index (χ1v) is 9.24. The van der Waals surface area contributed by atoms with Gasteiger partial charge in [-0.2, -0.15) is 0 Å². The van der Waals surface area contributed by atoms with Crippen molar-refractivity contribution in [2.24, 2.45) is 10.8 Å². The molecule has 4 rings (SSSR count). The topological polar surface area (TPSA) is 26.3 Å². The molecule has 0 bridgehead atoms. The van der Waals surface area contributed by atoms with E-state index in [0.717, 1.165) is 28.7 Å². The molecular weight excluding hydrogens is 332 g/mol. The van der Waals surface area contributed by atoms with Crippen LogP contribution in [0.4, 0.5) is 0 Å². The van der Waals surface area contributed by atoms with Crippen molar-refractivity contribution in [1.29, 1.82) is 0 Å². The summed E-state index contributed by atoms with van der Waals surface area (Å²) in [6.07, 6.45) is 0.743. The van der Waals surface area contributed by atoms with Gasteiger partial charge < -0.3 is 4.74 Å². The molecule has 0 heterocycles. The molecule has 1 unspecified atom stereocenters. The van der Waals surface area contributed by atoms with Gasteiger partial charge in [-0.3, -0.25) is 0 Å². The quantitative estimate of drug-likeness (QED) is 0.317. The molecule has 0 aromatic heterocycles. The lowest BCUT2D eigenvalue weighted by Crippen LogP contribution is -2.24. The van der Waals surface area contributed by atoms with Crippen molar-refractivity contribution < 1.29 is 9.53 Å². The van der Waals surface area contributed by atoms with Gasteiger partial charge in [0.05, 0.1) is 6.92 Å². The second kappa shape index (κ2) is 6.31. The predicted molar refractivity (Wildman–Crippen MR) is 109 cm³/mol. The number of rotatable bonds is 4. The minimum absolute atomic E-state index is 0.126.